The molecule has 0 unspecified atom stereocenters. The smallest absolute Gasteiger partial charge is 0.263 e. The zero-order valence-corrected chi connectivity index (χ0v) is 13.3. The summed E-state index contributed by atoms with van der Waals surface area (Å²) < 4.78 is 26.8. The standard InChI is InChI=1S/C12H14ClN3O2S2/c1-7(2)11-6-19-12(15-11)16-20(17,18)8-3-4-9(13)10(14)5-8/h3-7H,14H2,1-2H3,(H,15,16). The van der Waals surface area contributed by atoms with Gasteiger partial charge in [0.15, 0.2) is 5.13 Å². The number of nitrogens with one attached hydrogen (secondary N) is 1. The van der Waals surface area contributed by atoms with Gasteiger partial charge in [-0.2, -0.15) is 0 Å². The third-order valence-electron chi connectivity index (χ3n) is 2.61. The highest BCUT2D eigenvalue weighted by Crippen LogP contribution is 2.26. The van der Waals surface area contributed by atoms with Crippen LogP contribution in [0.5, 0.6) is 0 Å². The molecule has 0 fully saturated rings. The summed E-state index contributed by atoms with van der Waals surface area (Å²) in [5, 5.41) is 2.49. The fourth-order valence-corrected chi connectivity index (χ4v) is 3.74. The minimum absolute atomic E-state index is 0.0562. The fraction of sp³-hybridized carbons (Fsp3) is 0.250. The third-order valence-corrected chi connectivity index (χ3v) is 5.20. The maximum absolute atomic E-state index is 12.2. The summed E-state index contributed by atoms with van der Waals surface area (Å²) in [5.74, 6) is 0.246. The van der Waals surface area contributed by atoms with Gasteiger partial charge >= 0.3 is 0 Å². The molecule has 0 bridgehead atoms. The van der Waals surface area contributed by atoms with E-state index in [1.165, 1.54) is 29.5 Å². The van der Waals surface area contributed by atoms with Gasteiger partial charge in [0.05, 0.1) is 21.3 Å². The molecule has 0 radical (unpaired) electrons. The number of benzene rings is 1. The quantitative estimate of drug-likeness (QED) is 0.842. The van der Waals surface area contributed by atoms with Crippen LogP contribution in [-0.2, 0) is 10.0 Å². The topological polar surface area (TPSA) is 85.1 Å². The Labute approximate surface area is 126 Å². The molecule has 0 atom stereocenters. The van der Waals surface area contributed by atoms with Crippen molar-refractivity contribution in [1.29, 1.82) is 0 Å². The van der Waals surface area contributed by atoms with Gasteiger partial charge in [-0.05, 0) is 24.1 Å². The van der Waals surface area contributed by atoms with Crippen molar-refractivity contribution in [3.8, 4) is 0 Å². The normalized spacial score (nSPS) is 11.8. The molecule has 2 rings (SSSR count). The van der Waals surface area contributed by atoms with Crippen molar-refractivity contribution >= 4 is 43.8 Å². The van der Waals surface area contributed by atoms with E-state index >= 15 is 0 Å². The minimum atomic E-state index is -3.71. The van der Waals surface area contributed by atoms with Gasteiger partial charge in [-0.15, -0.1) is 11.3 Å². The van der Waals surface area contributed by atoms with Crippen LogP contribution < -0.4 is 10.5 Å². The number of hydrogen-bond acceptors (Lipinski definition) is 5. The van der Waals surface area contributed by atoms with E-state index in [1.807, 2.05) is 19.2 Å². The number of sulfonamides is 1. The Kier molecular flexibility index (Phi) is 4.22. The summed E-state index contributed by atoms with van der Waals surface area (Å²) in [6, 6.07) is 4.17. The molecular weight excluding hydrogens is 318 g/mol. The molecule has 0 saturated carbocycles. The maximum Gasteiger partial charge on any atom is 0.263 e. The molecular formula is C12H14ClN3O2S2. The third kappa shape index (κ3) is 3.23. The lowest BCUT2D eigenvalue weighted by Crippen LogP contribution is -2.13. The van der Waals surface area contributed by atoms with Gasteiger partial charge < -0.3 is 5.73 Å². The molecule has 20 heavy (non-hydrogen) atoms. The van der Waals surface area contributed by atoms with Crippen LogP contribution in [0.25, 0.3) is 0 Å². The second kappa shape index (κ2) is 5.59. The predicted octanol–water partition coefficient (Wildman–Crippen LogP) is 3.30. The second-order valence-electron chi connectivity index (χ2n) is 4.52. The molecule has 0 saturated heterocycles. The first-order valence-corrected chi connectivity index (χ1v) is 8.57. The fourth-order valence-electron chi connectivity index (χ4n) is 1.46. The minimum Gasteiger partial charge on any atom is -0.397 e. The Morgan fingerprint density at radius 1 is 1.40 bits per heavy atom. The molecule has 0 spiro atoms. The van der Waals surface area contributed by atoms with E-state index in [-0.39, 0.29) is 16.5 Å². The van der Waals surface area contributed by atoms with E-state index in [0.29, 0.717) is 10.2 Å². The van der Waals surface area contributed by atoms with Gasteiger partial charge in [-0.1, -0.05) is 25.4 Å². The lowest BCUT2D eigenvalue weighted by Gasteiger charge is -2.06. The number of hydrogen-bond donors (Lipinski definition) is 2. The molecule has 5 nitrogen and oxygen atoms in total. The Balaban J connectivity index is 2.28. The van der Waals surface area contributed by atoms with E-state index in [9.17, 15) is 8.42 Å². The van der Waals surface area contributed by atoms with Gasteiger partial charge in [0, 0.05) is 5.38 Å². The number of rotatable bonds is 4. The highest BCUT2D eigenvalue weighted by atomic mass is 35.5. The first kappa shape index (κ1) is 15.1. The zero-order valence-electron chi connectivity index (χ0n) is 10.9. The largest absolute Gasteiger partial charge is 0.397 e. The Bertz CT molecular complexity index is 726. The van der Waals surface area contributed by atoms with Crippen molar-refractivity contribution in [3.63, 3.8) is 0 Å². The summed E-state index contributed by atoms with van der Waals surface area (Å²) in [5.41, 5.74) is 6.69. The number of nitrogens with zero attached hydrogens (tertiary/aromatic N) is 1. The average molecular weight is 332 g/mol. The van der Waals surface area contributed by atoms with Crippen LogP contribution in [0.2, 0.25) is 5.02 Å². The molecule has 1 aromatic heterocycles. The van der Waals surface area contributed by atoms with Crippen molar-refractivity contribution in [1.82, 2.24) is 4.98 Å². The van der Waals surface area contributed by atoms with Crippen molar-refractivity contribution in [2.75, 3.05) is 10.5 Å². The van der Waals surface area contributed by atoms with Gasteiger partial charge in [0.25, 0.3) is 10.0 Å². The monoisotopic (exact) mass is 331 g/mol. The van der Waals surface area contributed by atoms with Crippen molar-refractivity contribution < 1.29 is 8.42 Å². The summed E-state index contributed by atoms with van der Waals surface area (Å²) in [6.07, 6.45) is 0. The highest BCUT2D eigenvalue weighted by Gasteiger charge is 2.17. The predicted molar refractivity (Wildman–Crippen MR) is 82.9 cm³/mol. The van der Waals surface area contributed by atoms with Crippen molar-refractivity contribution in [2.45, 2.75) is 24.7 Å². The van der Waals surface area contributed by atoms with E-state index in [0.717, 1.165) is 5.69 Å². The van der Waals surface area contributed by atoms with Crippen molar-refractivity contribution in [3.05, 3.63) is 34.3 Å². The molecule has 2 aromatic rings. The van der Waals surface area contributed by atoms with Crippen LogP contribution in [0.15, 0.2) is 28.5 Å². The zero-order chi connectivity index (χ0) is 14.9. The maximum atomic E-state index is 12.2. The number of nitrogen functional groups attached to an aromatic ring is 1. The van der Waals surface area contributed by atoms with E-state index in [2.05, 4.69) is 9.71 Å². The Morgan fingerprint density at radius 2 is 2.10 bits per heavy atom. The van der Waals surface area contributed by atoms with E-state index in [4.69, 9.17) is 17.3 Å². The van der Waals surface area contributed by atoms with E-state index < -0.39 is 10.0 Å². The molecule has 0 aliphatic rings. The molecule has 0 aliphatic carbocycles. The molecule has 1 heterocycles. The summed E-state index contributed by atoms with van der Waals surface area (Å²) in [4.78, 5) is 4.29. The lowest BCUT2D eigenvalue weighted by molar-refractivity contribution is 0.601. The Hall–Kier alpha value is -1.31. The lowest BCUT2D eigenvalue weighted by atomic mass is 10.2. The number of aromatic nitrogens is 1. The van der Waals surface area contributed by atoms with Gasteiger partial charge in [0.1, 0.15) is 0 Å². The molecule has 0 amide bonds. The van der Waals surface area contributed by atoms with Crippen LogP contribution in [0, 0.1) is 0 Å². The van der Waals surface area contributed by atoms with Crippen LogP contribution >= 0.6 is 22.9 Å². The van der Waals surface area contributed by atoms with Gasteiger partial charge in [-0.25, -0.2) is 13.4 Å². The molecule has 1 aromatic carbocycles. The summed E-state index contributed by atoms with van der Waals surface area (Å²) in [6.45, 7) is 3.99. The van der Waals surface area contributed by atoms with Gasteiger partial charge in [0.2, 0.25) is 0 Å². The number of halogens is 1. The molecule has 8 heteroatoms. The van der Waals surface area contributed by atoms with Crippen LogP contribution in [0.4, 0.5) is 10.8 Å². The molecule has 0 aliphatic heterocycles. The van der Waals surface area contributed by atoms with Gasteiger partial charge in [-0.3, -0.25) is 4.72 Å². The highest BCUT2D eigenvalue weighted by molar-refractivity contribution is 7.93. The van der Waals surface area contributed by atoms with Crippen LogP contribution in [-0.4, -0.2) is 13.4 Å². The summed E-state index contributed by atoms with van der Waals surface area (Å²) >= 11 is 7.03. The number of anilines is 2. The molecule has 3 N–H and O–H groups in total. The van der Waals surface area contributed by atoms with E-state index in [1.54, 1.807) is 0 Å². The Morgan fingerprint density at radius 3 is 2.65 bits per heavy atom. The SMILES string of the molecule is CC(C)c1csc(NS(=O)(=O)c2ccc(Cl)c(N)c2)n1. The van der Waals surface area contributed by atoms with Crippen LogP contribution in [0.3, 0.4) is 0 Å². The molecule has 108 valence electrons. The number of thiazole rings is 1. The average Bonchev–Trinajstić information content (AvgIpc) is 2.80. The number of nitrogens with two attached hydrogens (primary N) is 1. The van der Waals surface area contributed by atoms with Crippen LogP contribution in [0.1, 0.15) is 25.5 Å². The first-order valence-electron chi connectivity index (χ1n) is 5.83. The summed E-state index contributed by atoms with van der Waals surface area (Å²) in [7, 11) is -3.71. The first-order chi connectivity index (χ1) is 9.29. The second-order valence-corrected chi connectivity index (χ2v) is 7.47. The van der Waals surface area contributed by atoms with Crippen molar-refractivity contribution in [2.24, 2.45) is 0 Å².